The van der Waals surface area contributed by atoms with E-state index in [4.69, 9.17) is 16.5 Å². The number of hydrogen-bond donors (Lipinski definition) is 2. The summed E-state index contributed by atoms with van der Waals surface area (Å²) in [5, 5.41) is 3.41. The highest BCUT2D eigenvalue weighted by Gasteiger charge is 2.37. The first-order valence-electron chi connectivity index (χ1n) is 13.3. The van der Waals surface area contributed by atoms with Gasteiger partial charge in [0.1, 0.15) is 0 Å². The van der Waals surface area contributed by atoms with Gasteiger partial charge in [-0.15, -0.1) is 11.3 Å². The monoisotopic (exact) mass is 483 g/mol. The fourth-order valence-electron chi connectivity index (χ4n) is 5.81. The number of fused-ring (bicyclic) bond motifs is 1. The van der Waals surface area contributed by atoms with Crippen LogP contribution in [0.2, 0.25) is 0 Å². The van der Waals surface area contributed by atoms with Gasteiger partial charge >= 0.3 is 0 Å². The number of rotatable bonds is 9. The molecule has 1 aromatic heterocycles. The highest BCUT2D eigenvalue weighted by molar-refractivity contribution is 7.14. The van der Waals surface area contributed by atoms with Gasteiger partial charge in [0.25, 0.3) is 0 Å². The molecule has 6 heteroatoms. The van der Waals surface area contributed by atoms with Crippen LogP contribution >= 0.6 is 11.3 Å². The Balaban J connectivity index is 1.44. The number of anilines is 1. The molecule has 2 heterocycles. The Kier molecular flexibility index (Phi) is 8.02. The standard InChI is InChI=1S/C28H45N5S/c1-27(2)11-12-28(3,4)24-19-21(7-8-23(24)27)25-20-34-26(31-25)33-16-9-22(10-17-33)32(18-14-30)15-6-5-13-29/h7-8,19-20,22H,5-6,9-18,29-30H2,1-4H3. The second kappa shape index (κ2) is 10.7. The molecule has 5 nitrogen and oxygen atoms in total. The van der Waals surface area contributed by atoms with Crippen LogP contribution in [0.3, 0.4) is 0 Å². The van der Waals surface area contributed by atoms with Crippen LogP contribution in [-0.4, -0.2) is 55.2 Å². The maximum Gasteiger partial charge on any atom is 0.185 e. The zero-order chi connectivity index (χ0) is 24.3. The largest absolute Gasteiger partial charge is 0.348 e. The second-order valence-corrected chi connectivity index (χ2v) is 12.4. The van der Waals surface area contributed by atoms with Crippen molar-refractivity contribution in [3.05, 3.63) is 34.7 Å². The summed E-state index contributed by atoms with van der Waals surface area (Å²) >= 11 is 1.79. The van der Waals surface area contributed by atoms with E-state index in [1.165, 1.54) is 53.9 Å². The molecule has 1 aliphatic heterocycles. The summed E-state index contributed by atoms with van der Waals surface area (Å²) in [6.07, 6.45) is 7.11. The summed E-state index contributed by atoms with van der Waals surface area (Å²) in [7, 11) is 0. The van der Waals surface area contributed by atoms with Crippen LogP contribution in [0.1, 0.15) is 77.3 Å². The van der Waals surface area contributed by atoms with Gasteiger partial charge in [0.2, 0.25) is 0 Å². The van der Waals surface area contributed by atoms with Gasteiger partial charge in [-0.2, -0.15) is 0 Å². The summed E-state index contributed by atoms with van der Waals surface area (Å²) < 4.78 is 0. The summed E-state index contributed by atoms with van der Waals surface area (Å²) in [6.45, 7) is 15.3. The predicted molar refractivity (Wildman–Crippen MR) is 147 cm³/mol. The Morgan fingerprint density at radius 2 is 1.68 bits per heavy atom. The van der Waals surface area contributed by atoms with Crippen molar-refractivity contribution in [3.63, 3.8) is 0 Å². The van der Waals surface area contributed by atoms with Crippen LogP contribution in [0.15, 0.2) is 23.6 Å². The number of aromatic nitrogens is 1. The van der Waals surface area contributed by atoms with Crippen LogP contribution in [0.25, 0.3) is 11.3 Å². The van der Waals surface area contributed by atoms with Gasteiger partial charge in [0.15, 0.2) is 5.13 Å². The molecule has 188 valence electrons. The summed E-state index contributed by atoms with van der Waals surface area (Å²) in [4.78, 5) is 10.2. The molecule has 0 amide bonds. The molecule has 4 rings (SSSR count). The molecule has 0 unspecified atom stereocenters. The van der Waals surface area contributed by atoms with Crippen LogP contribution < -0.4 is 16.4 Å². The van der Waals surface area contributed by atoms with E-state index < -0.39 is 0 Å². The van der Waals surface area contributed by atoms with Gasteiger partial charge in [0.05, 0.1) is 5.69 Å². The molecular weight excluding hydrogens is 438 g/mol. The number of piperidine rings is 1. The first-order valence-corrected chi connectivity index (χ1v) is 14.1. The van der Waals surface area contributed by atoms with Gasteiger partial charge in [-0.3, -0.25) is 4.90 Å². The molecule has 1 aliphatic carbocycles. The average molecular weight is 484 g/mol. The van der Waals surface area contributed by atoms with E-state index in [9.17, 15) is 0 Å². The molecule has 0 saturated carbocycles. The van der Waals surface area contributed by atoms with Gasteiger partial charge in [-0.25, -0.2) is 4.98 Å². The average Bonchev–Trinajstić information content (AvgIpc) is 3.32. The highest BCUT2D eigenvalue weighted by atomic mass is 32.1. The van der Waals surface area contributed by atoms with Gasteiger partial charge in [-0.05, 0) is 79.6 Å². The van der Waals surface area contributed by atoms with Crippen molar-refractivity contribution >= 4 is 16.5 Å². The first kappa shape index (κ1) is 25.6. The van der Waals surface area contributed by atoms with E-state index in [-0.39, 0.29) is 10.8 Å². The van der Waals surface area contributed by atoms with Crippen LogP contribution in [0.5, 0.6) is 0 Å². The molecule has 2 aromatic rings. The second-order valence-electron chi connectivity index (χ2n) is 11.6. The minimum atomic E-state index is 0.223. The molecule has 0 bridgehead atoms. The third kappa shape index (κ3) is 5.51. The molecular formula is C28H45N5S. The number of nitrogens with zero attached hydrogens (tertiary/aromatic N) is 3. The number of thiazole rings is 1. The molecule has 1 aromatic carbocycles. The van der Waals surface area contributed by atoms with E-state index in [1.54, 1.807) is 11.3 Å². The number of unbranched alkanes of at least 4 members (excludes halogenated alkanes) is 1. The molecule has 1 saturated heterocycles. The highest BCUT2D eigenvalue weighted by Crippen LogP contribution is 2.47. The number of nitrogens with two attached hydrogens (primary N) is 2. The predicted octanol–water partition coefficient (Wildman–Crippen LogP) is 5.13. The zero-order valence-corrected chi connectivity index (χ0v) is 22.6. The summed E-state index contributed by atoms with van der Waals surface area (Å²) in [5.41, 5.74) is 17.5. The van der Waals surface area contributed by atoms with E-state index in [0.29, 0.717) is 6.04 Å². The lowest BCUT2D eigenvalue weighted by atomic mass is 9.63. The SMILES string of the molecule is CC1(C)CCC(C)(C)c2cc(-c3csc(N4CCC(N(CCN)CCCCN)CC4)n3)ccc21. The minimum Gasteiger partial charge on any atom is -0.348 e. The minimum absolute atomic E-state index is 0.223. The zero-order valence-electron chi connectivity index (χ0n) is 21.8. The molecule has 1 fully saturated rings. The smallest absolute Gasteiger partial charge is 0.185 e. The van der Waals surface area contributed by atoms with Crippen molar-refractivity contribution < 1.29 is 0 Å². The Morgan fingerprint density at radius 1 is 0.971 bits per heavy atom. The Labute approximate surface area is 210 Å². The molecule has 2 aliphatic rings. The molecule has 0 atom stereocenters. The van der Waals surface area contributed by atoms with Crippen LogP contribution in [-0.2, 0) is 10.8 Å². The number of hydrogen-bond acceptors (Lipinski definition) is 6. The third-order valence-electron chi connectivity index (χ3n) is 8.21. The lowest BCUT2D eigenvalue weighted by Crippen LogP contribution is -2.47. The van der Waals surface area contributed by atoms with Gasteiger partial charge in [-0.1, -0.05) is 39.8 Å². The third-order valence-corrected chi connectivity index (χ3v) is 9.11. The van der Waals surface area contributed by atoms with Crippen molar-refractivity contribution in [2.75, 3.05) is 44.2 Å². The quantitative estimate of drug-likeness (QED) is 0.484. The Hall–Kier alpha value is -1.47. The van der Waals surface area contributed by atoms with Gasteiger partial charge < -0.3 is 16.4 Å². The van der Waals surface area contributed by atoms with E-state index >= 15 is 0 Å². The maximum absolute atomic E-state index is 5.91. The summed E-state index contributed by atoms with van der Waals surface area (Å²) in [6, 6.07) is 7.71. The fourth-order valence-corrected chi connectivity index (χ4v) is 6.70. The summed E-state index contributed by atoms with van der Waals surface area (Å²) in [5.74, 6) is 0. The van der Waals surface area contributed by atoms with Crippen LogP contribution in [0, 0.1) is 0 Å². The lowest BCUT2D eigenvalue weighted by molar-refractivity contribution is 0.170. The topological polar surface area (TPSA) is 71.4 Å². The van der Waals surface area contributed by atoms with Gasteiger partial charge in [0, 0.05) is 43.2 Å². The normalized spacial score (nSPS) is 20.0. The first-order chi connectivity index (χ1) is 16.2. The van der Waals surface area contributed by atoms with E-state index in [0.717, 1.165) is 51.4 Å². The van der Waals surface area contributed by atoms with Crippen molar-refractivity contribution in [3.8, 4) is 11.3 Å². The fraction of sp³-hybridized carbons (Fsp3) is 0.679. The maximum atomic E-state index is 5.91. The Bertz CT molecular complexity index is 942. The molecule has 34 heavy (non-hydrogen) atoms. The van der Waals surface area contributed by atoms with E-state index in [1.807, 2.05) is 0 Å². The lowest BCUT2D eigenvalue weighted by Gasteiger charge is -2.42. The van der Waals surface area contributed by atoms with Crippen LogP contribution in [0.4, 0.5) is 5.13 Å². The Morgan fingerprint density at radius 3 is 2.35 bits per heavy atom. The van der Waals surface area contributed by atoms with Crippen molar-refractivity contribution in [1.82, 2.24) is 9.88 Å². The molecule has 0 spiro atoms. The van der Waals surface area contributed by atoms with Crippen molar-refractivity contribution in [2.45, 2.75) is 83.1 Å². The molecule has 0 radical (unpaired) electrons. The molecule has 4 N–H and O–H groups in total. The number of benzene rings is 1. The van der Waals surface area contributed by atoms with E-state index in [2.05, 4.69) is 61.1 Å². The van der Waals surface area contributed by atoms with Crippen molar-refractivity contribution in [2.24, 2.45) is 11.5 Å². The van der Waals surface area contributed by atoms with Crippen molar-refractivity contribution in [1.29, 1.82) is 0 Å².